The second kappa shape index (κ2) is 12.1. The average molecular weight is 461 g/mol. The molecular weight excluding hydrogens is 424 g/mol. The van der Waals surface area contributed by atoms with Gasteiger partial charge in [-0.1, -0.05) is 12.5 Å². The first kappa shape index (κ1) is 24.4. The fourth-order valence-electron chi connectivity index (χ4n) is 4.20. The Morgan fingerprint density at radius 1 is 1.00 bits per heavy atom. The zero-order chi connectivity index (χ0) is 22.9. The number of fused-ring (bicyclic) bond motifs is 1. The molecule has 3 unspecified atom stereocenters. The number of nitrogens with one attached hydrogen (secondary N) is 4. The van der Waals surface area contributed by atoms with Crippen molar-refractivity contribution in [2.75, 3.05) is 18.8 Å². The zero-order valence-electron chi connectivity index (χ0n) is 19.2. The fraction of sp³-hybridized carbons (Fsp3) is 0.625. The second-order valence-corrected chi connectivity index (χ2v) is 10.1. The van der Waals surface area contributed by atoms with Crippen LogP contribution in [0, 0.1) is 13.8 Å². The number of amides is 4. The molecule has 3 atom stereocenters. The standard InChI is InChI=1S/C24H36N4O3S/c1-16-10-11-18(14-17(16)2)23(30)26-13-7-3-6-12-25-21(29)9-5-4-8-20-22-19(15-32-20)27-24(31)28-22/h10-11,14,19-20,22H,3-9,12-13,15H2,1-2H3,(H,25,29)(H,26,30)(H2,27,28,31). The number of carbonyl (C=O) groups is 3. The van der Waals surface area contributed by atoms with E-state index in [0.29, 0.717) is 30.3 Å². The molecule has 2 saturated heterocycles. The van der Waals surface area contributed by atoms with E-state index in [-0.39, 0.29) is 29.9 Å². The van der Waals surface area contributed by atoms with Crippen LogP contribution < -0.4 is 21.3 Å². The van der Waals surface area contributed by atoms with Gasteiger partial charge in [-0.05, 0) is 69.2 Å². The SMILES string of the molecule is Cc1ccc(C(=O)NCCCCCNC(=O)CCCCC2SCC3NC(=O)NC32)cc1C. The molecule has 2 aliphatic heterocycles. The maximum Gasteiger partial charge on any atom is 0.315 e. The van der Waals surface area contributed by atoms with Crippen LogP contribution in [0.25, 0.3) is 0 Å². The van der Waals surface area contributed by atoms with Crippen molar-refractivity contribution in [2.45, 2.75) is 76.1 Å². The Balaban J connectivity index is 1.16. The molecule has 2 heterocycles. The molecule has 2 aliphatic rings. The van der Waals surface area contributed by atoms with Crippen molar-refractivity contribution < 1.29 is 14.4 Å². The summed E-state index contributed by atoms with van der Waals surface area (Å²) in [5.41, 5.74) is 3.02. The van der Waals surface area contributed by atoms with Gasteiger partial charge in [-0.25, -0.2) is 4.79 Å². The highest BCUT2D eigenvalue weighted by molar-refractivity contribution is 8.00. The van der Waals surface area contributed by atoms with Crippen molar-refractivity contribution >= 4 is 29.6 Å². The lowest BCUT2D eigenvalue weighted by Crippen LogP contribution is -2.36. The molecule has 4 N–H and O–H groups in total. The van der Waals surface area contributed by atoms with Crippen LogP contribution in [0.15, 0.2) is 18.2 Å². The number of rotatable bonds is 12. The summed E-state index contributed by atoms with van der Waals surface area (Å²) in [5, 5.41) is 12.4. The van der Waals surface area contributed by atoms with Crippen molar-refractivity contribution in [1.82, 2.24) is 21.3 Å². The van der Waals surface area contributed by atoms with E-state index < -0.39 is 0 Å². The van der Waals surface area contributed by atoms with Crippen LogP contribution in [0.1, 0.15) is 66.4 Å². The third-order valence-electron chi connectivity index (χ3n) is 6.31. The second-order valence-electron chi connectivity index (χ2n) is 8.83. The molecule has 7 nitrogen and oxygen atoms in total. The van der Waals surface area contributed by atoms with Gasteiger partial charge in [0.2, 0.25) is 5.91 Å². The van der Waals surface area contributed by atoms with Crippen LogP contribution in [-0.4, -0.2) is 54.0 Å². The van der Waals surface area contributed by atoms with Crippen molar-refractivity contribution in [3.8, 4) is 0 Å². The van der Waals surface area contributed by atoms with E-state index in [9.17, 15) is 14.4 Å². The quantitative estimate of drug-likeness (QED) is 0.285. The summed E-state index contributed by atoms with van der Waals surface area (Å²) in [7, 11) is 0. The Hall–Kier alpha value is -2.22. The third-order valence-corrected chi connectivity index (χ3v) is 7.82. The Labute approximate surface area is 195 Å². The highest BCUT2D eigenvalue weighted by Crippen LogP contribution is 2.33. The van der Waals surface area contributed by atoms with Gasteiger partial charge >= 0.3 is 6.03 Å². The van der Waals surface area contributed by atoms with E-state index in [1.807, 2.05) is 43.8 Å². The number of benzene rings is 1. The highest BCUT2D eigenvalue weighted by Gasteiger charge is 2.42. The molecule has 1 aromatic carbocycles. The predicted octanol–water partition coefficient (Wildman–Crippen LogP) is 3.05. The summed E-state index contributed by atoms with van der Waals surface area (Å²) >= 11 is 1.92. The highest BCUT2D eigenvalue weighted by atomic mass is 32.2. The Kier molecular flexibility index (Phi) is 9.26. The number of urea groups is 1. The number of thioether (sulfide) groups is 1. The molecule has 2 fully saturated rings. The molecule has 8 heteroatoms. The molecule has 1 aromatic rings. The molecule has 0 spiro atoms. The number of hydrogen-bond acceptors (Lipinski definition) is 4. The van der Waals surface area contributed by atoms with Crippen LogP contribution >= 0.6 is 11.8 Å². The van der Waals surface area contributed by atoms with Crippen LogP contribution in [0.3, 0.4) is 0 Å². The van der Waals surface area contributed by atoms with Crippen LogP contribution in [-0.2, 0) is 4.79 Å². The van der Waals surface area contributed by atoms with E-state index in [1.54, 1.807) is 0 Å². The van der Waals surface area contributed by atoms with Crippen molar-refractivity contribution in [2.24, 2.45) is 0 Å². The Morgan fingerprint density at radius 3 is 2.56 bits per heavy atom. The molecule has 0 aromatic heterocycles. The lowest BCUT2D eigenvalue weighted by Gasteiger charge is -2.16. The maximum atomic E-state index is 12.2. The molecule has 32 heavy (non-hydrogen) atoms. The lowest BCUT2D eigenvalue weighted by molar-refractivity contribution is -0.121. The van der Waals surface area contributed by atoms with Crippen molar-refractivity contribution in [1.29, 1.82) is 0 Å². The monoisotopic (exact) mass is 460 g/mol. The summed E-state index contributed by atoms with van der Waals surface area (Å²) in [5.74, 6) is 1.06. The van der Waals surface area contributed by atoms with Gasteiger partial charge in [-0.15, -0.1) is 0 Å². The van der Waals surface area contributed by atoms with Gasteiger partial charge in [-0.2, -0.15) is 11.8 Å². The zero-order valence-corrected chi connectivity index (χ0v) is 20.0. The minimum absolute atomic E-state index is 0.0282. The average Bonchev–Trinajstić information content (AvgIpc) is 3.31. The van der Waals surface area contributed by atoms with E-state index in [0.717, 1.165) is 49.8 Å². The number of hydrogen-bond donors (Lipinski definition) is 4. The minimum atomic E-state index is -0.0478. The first-order valence-corrected chi connectivity index (χ1v) is 12.8. The third kappa shape index (κ3) is 7.15. The Morgan fingerprint density at radius 2 is 1.78 bits per heavy atom. The van der Waals surface area contributed by atoms with Gasteiger partial charge in [0.05, 0.1) is 12.1 Å². The van der Waals surface area contributed by atoms with Gasteiger partial charge in [0.25, 0.3) is 5.91 Å². The van der Waals surface area contributed by atoms with Gasteiger partial charge in [0.1, 0.15) is 0 Å². The topological polar surface area (TPSA) is 99.3 Å². The summed E-state index contributed by atoms with van der Waals surface area (Å²) in [6.45, 7) is 5.38. The molecule has 4 amide bonds. The normalized spacial score (nSPS) is 21.6. The van der Waals surface area contributed by atoms with E-state index in [4.69, 9.17) is 0 Å². The van der Waals surface area contributed by atoms with Gasteiger partial charge < -0.3 is 21.3 Å². The Bertz CT molecular complexity index is 816. The van der Waals surface area contributed by atoms with Gasteiger partial charge in [0, 0.05) is 36.1 Å². The molecule has 0 bridgehead atoms. The molecule has 176 valence electrons. The number of unbranched alkanes of at least 4 members (excludes halogenated alkanes) is 3. The fourth-order valence-corrected chi connectivity index (χ4v) is 5.75. The number of carbonyl (C=O) groups excluding carboxylic acids is 3. The molecule has 3 rings (SSSR count). The first-order valence-electron chi connectivity index (χ1n) is 11.7. The van der Waals surface area contributed by atoms with E-state index in [1.165, 1.54) is 5.56 Å². The van der Waals surface area contributed by atoms with Crippen molar-refractivity contribution in [3.63, 3.8) is 0 Å². The summed E-state index contributed by atoms with van der Waals surface area (Å²) < 4.78 is 0. The molecule has 0 radical (unpaired) electrons. The number of aryl methyl sites for hydroxylation is 2. The molecular formula is C24H36N4O3S. The minimum Gasteiger partial charge on any atom is -0.356 e. The summed E-state index contributed by atoms with van der Waals surface area (Å²) in [6, 6.07) is 6.22. The van der Waals surface area contributed by atoms with Crippen molar-refractivity contribution in [3.05, 3.63) is 34.9 Å². The smallest absolute Gasteiger partial charge is 0.315 e. The lowest BCUT2D eigenvalue weighted by atomic mass is 10.0. The van der Waals surface area contributed by atoms with E-state index in [2.05, 4.69) is 21.3 Å². The van der Waals surface area contributed by atoms with Crippen LogP contribution in [0.4, 0.5) is 4.79 Å². The van der Waals surface area contributed by atoms with E-state index >= 15 is 0 Å². The van der Waals surface area contributed by atoms with Gasteiger partial charge in [0.15, 0.2) is 0 Å². The predicted molar refractivity (Wildman–Crippen MR) is 129 cm³/mol. The largest absolute Gasteiger partial charge is 0.356 e. The van der Waals surface area contributed by atoms with Crippen LogP contribution in [0.5, 0.6) is 0 Å². The molecule has 0 saturated carbocycles. The molecule has 0 aliphatic carbocycles. The summed E-state index contributed by atoms with van der Waals surface area (Å²) in [4.78, 5) is 35.6. The first-order chi connectivity index (χ1) is 15.4. The summed E-state index contributed by atoms with van der Waals surface area (Å²) in [6.07, 6.45) is 6.26. The van der Waals surface area contributed by atoms with Crippen LogP contribution in [0.2, 0.25) is 0 Å². The maximum absolute atomic E-state index is 12.2. The van der Waals surface area contributed by atoms with Gasteiger partial charge in [-0.3, -0.25) is 9.59 Å².